The van der Waals surface area contributed by atoms with Crippen LogP contribution in [0.2, 0.25) is 0 Å². The maximum atomic E-state index is 11.1. The largest absolute Gasteiger partial charge is 0.350 e. The highest BCUT2D eigenvalue weighted by Crippen LogP contribution is 2.28. The molecule has 0 aliphatic heterocycles. The van der Waals surface area contributed by atoms with E-state index >= 15 is 0 Å². The van der Waals surface area contributed by atoms with Gasteiger partial charge in [-0.2, -0.15) is 0 Å². The molecule has 104 valence electrons. The lowest BCUT2D eigenvalue weighted by atomic mass is 10.1. The summed E-state index contributed by atoms with van der Waals surface area (Å²) in [5.41, 5.74) is 2.27. The van der Waals surface area contributed by atoms with Crippen molar-refractivity contribution in [1.29, 1.82) is 0 Å². The zero-order valence-electron chi connectivity index (χ0n) is 11.2. The van der Waals surface area contributed by atoms with Gasteiger partial charge in [0.2, 0.25) is 5.82 Å². The number of halogens is 1. The molecule has 1 heterocycles. The van der Waals surface area contributed by atoms with E-state index in [1.54, 1.807) is 18.1 Å². The van der Waals surface area contributed by atoms with Gasteiger partial charge < -0.3 is 4.90 Å². The molecule has 20 heavy (non-hydrogen) atoms. The number of aryl methyl sites for hydroxylation is 1. The normalized spacial score (nSPS) is 10.3. The fourth-order valence-electron chi connectivity index (χ4n) is 1.97. The van der Waals surface area contributed by atoms with Crippen molar-refractivity contribution >= 4 is 27.4 Å². The summed E-state index contributed by atoms with van der Waals surface area (Å²) in [6, 6.07) is 9.43. The van der Waals surface area contributed by atoms with Crippen LogP contribution in [0, 0.1) is 17.0 Å². The van der Waals surface area contributed by atoms with E-state index in [9.17, 15) is 10.1 Å². The fourth-order valence-corrected chi connectivity index (χ4v) is 2.29. The minimum atomic E-state index is -0.415. The number of nitro groups is 1. The molecule has 0 saturated heterocycles. The van der Waals surface area contributed by atoms with Crippen LogP contribution < -0.4 is 4.90 Å². The van der Waals surface area contributed by atoms with Crippen LogP contribution in [-0.2, 0) is 6.54 Å². The highest BCUT2D eigenvalue weighted by Gasteiger charge is 2.19. The van der Waals surface area contributed by atoms with E-state index in [4.69, 9.17) is 0 Å². The predicted molar refractivity (Wildman–Crippen MR) is 81.9 cm³/mol. The van der Waals surface area contributed by atoms with Crippen LogP contribution in [0.5, 0.6) is 0 Å². The first-order valence-corrected chi connectivity index (χ1v) is 6.84. The Hall–Kier alpha value is -1.95. The van der Waals surface area contributed by atoms with Gasteiger partial charge in [-0.3, -0.25) is 10.1 Å². The van der Waals surface area contributed by atoms with Gasteiger partial charge in [0.1, 0.15) is 0 Å². The standard InChI is InChI=1S/C14H14BrN3O2/c1-10-5-3-4-6-11(10)9-17(2)14-13(18(19)20)7-12(15)8-16-14/h3-8H,9H2,1-2H3. The van der Waals surface area contributed by atoms with Crippen molar-refractivity contribution in [2.45, 2.75) is 13.5 Å². The van der Waals surface area contributed by atoms with Crippen molar-refractivity contribution in [2.75, 3.05) is 11.9 Å². The molecule has 1 aromatic carbocycles. The molecule has 0 saturated carbocycles. The third-order valence-electron chi connectivity index (χ3n) is 3.04. The zero-order chi connectivity index (χ0) is 14.7. The average Bonchev–Trinajstić information content (AvgIpc) is 2.41. The van der Waals surface area contributed by atoms with Gasteiger partial charge in [0.25, 0.3) is 0 Å². The third kappa shape index (κ3) is 3.14. The van der Waals surface area contributed by atoms with Crippen LogP contribution in [0.3, 0.4) is 0 Å². The highest BCUT2D eigenvalue weighted by molar-refractivity contribution is 9.10. The number of pyridine rings is 1. The summed E-state index contributed by atoms with van der Waals surface area (Å²) in [5.74, 6) is 0.362. The average molecular weight is 336 g/mol. The van der Waals surface area contributed by atoms with Crippen LogP contribution in [0.25, 0.3) is 0 Å². The molecule has 0 amide bonds. The fraction of sp³-hybridized carbons (Fsp3) is 0.214. The molecular weight excluding hydrogens is 322 g/mol. The number of hydrogen-bond donors (Lipinski definition) is 0. The number of hydrogen-bond acceptors (Lipinski definition) is 4. The SMILES string of the molecule is Cc1ccccc1CN(C)c1ncc(Br)cc1[N+](=O)[O-]. The molecule has 0 aliphatic rings. The van der Waals surface area contributed by atoms with Crippen molar-refractivity contribution in [3.05, 3.63) is 62.2 Å². The molecule has 6 heteroatoms. The Morgan fingerprint density at radius 2 is 2.10 bits per heavy atom. The van der Waals surface area contributed by atoms with Gasteiger partial charge in [-0.25, -0.2) is 4.98 Å². The Bertz CT molecular complexity index is 646. The molecule has 0 bridgehead atoms. The van der Waals surface area contributed by atoms with Gasteiger partial charge in [0.15, 0.2) is 0 Å². The molecular formula is C14H14BrN3O2. The van der Waals surface area contributed by atoms with Crippen LogP contribution in [-0.4, -0.2) is 17.0 Å². The first-order chi connectivity index (χ1) is 9.49. The van der Waals surface area contributed by atoms with E-state index in [1.165, 1.54) is 6.07 Å². The van der Waals surface area contributed by atoms with Crippen LogP contribution in [0.4, 0.5) is 11.5 Å². The predicted octanol–water partition coefficient (Wildman–Crippen LogP) is 3.70. The Morgan fingerprint density at radius 1 is 1.40 bits per heavy atom. The molecule has 0 radical (unpaired) electrons. The molecule has 0 unspecified atom stereocenters. The zero-order valence-corrected chi connectivity index (χ0v) is 12.8. The first kappa shape index (κ1) is 14.5. The quantitative estimate of drug-likeness (QED) is 0.631. The molecule has 0 N–H and O–H groups in total. The smallest absolute Gasteiger partial charge is 0.312 e. The van der Waals surface area contributed by atoms with Gasteiger partial charge in [-0.05, 0) is 34.0 Å². The van der Waals surface area contributed by atoms with Crippen molar-refractivity contribution in [3.8, 4) is 0 Å². The summed E-state index contributed by atoms with van der Waals surface area (Å²) in [4.78, 5) is 16.6. The second-order valence-electron chi connectivity index (χ2n) is 4.54. The Balaban J connectivity index is 2.32. The van der Waals surface area contributed by atoms with Crippen LogP contribution in [0.15, 0.2) is 41.0 Å². The van der Waals surface area contributed by atoms with Gasteiger partial charge in [0, 0.05) is 30.3 Å². The lowest BCUT2D eigenvalue weighted by molar-refractivity contribution is -0.384. The summed E-state index contributed by atoms with van der Waals surface area (Å²) < 4.78 is 0.595. The summed E-state index contributed by atoms with van der Waals surface area (Å²) in [6.07, 6.45) is 1.57. The second kappa shape index (κ2) is 6.00. The number of anilines is 1. The molecule has 0 atom stereocenters. The van der Waals surface area contributed by atoms with Crippen molar-refractivity contribution in [1.82, 2.24) is 4.98 Å². The highest BCUT2D eigenvalue weighted by atomic mass is 79.9. The maximum Gasteiger partial charge on any atom is 0.312 e. The van der Waals surface area contributed by atoms with Crippen LogP contribution in [0.1, 0.15) is 11.1 Å². The summed E-state index contributed by atoms with van der Waals surface area (Å²) in [6.45, 7) is 2.59. The van der Waals surface area contributed by atoms with Gasteiger partial charge in [-0.1, -0.05) is 24.3 Å². The Labute approximate surface area is 125 Å². The van der Waals surface area contributed by atoms with Gasteiger partial charge in [0.05, 0.1) is 4.92 Å². The molecule has 0 spiro atoms. The van der Waals surface area contributed by atoms with Crippen molar-refractivity contribution in [3.63, 3.8) is 0 Å². The molecule has 0 aliphatic carbocycles. The number of rotatable bonds is 4. The molecule has 2 aromatic rings. The molecule has 1 aromatic heterocycles. The van der Waals surface area contributed by atoms with E-state index < -0.39 is 4.92 Å². The molecule has 0 fully saturated rings. The van der Waals surface area contributed by atoms with Crippen molar-refractivity contribution < 1.29 is 4.92 Å². The summed E-state index contributed by atoms with van der Waals surface area (Å²) in [7, 11) is 1.80. The van der Waals surface area contributed by atoms with E-state index in [1.807, 2.05) is 31.2 Å². The van der Waals surface area contributed by atoms with Crippen LogP contribution >= 0.6 is 15.9 Å². The van der Waals surface area contributed by atoms with E-state index in [0.29, 0.717) is 16.8 Å². The molecule has 5 nitrogen and oxygen atoms in total. The van der Waals surface area contributed by atoms with Gasteiger partial charge in [-0.15, -0.1) is 0 Å². The monoisotopic (exact) mass is 335 g/mol. The van der Waals surface area contributed by atoms with E-state index in [0.717, 1.165) is 11.1 Å². The van der Waals surface area contributed by atoms with Gasteiger partial charge >= 0.3 is 5.69 Å². The number of benzene rings is 1. The van der Waals surface area contributed by atoms with E-state index in [-0.39, 0.29) is 5.69 Å². The third-order valence-corrected chi connectivity index (χ3v) is 3.47. The lowest BCUT2D eigenvalue weighted by Crippen LogP contribution is -2.19. The number of aromatic nitrogens is 1. The first-order valence-electron chi connectivity index (χ1n) is 6.04. The molecule has 2 rings (SSSR count). The Morgan fingerprint density at radius 3 is 2.75 bits per heavy atom. The Kier molecular flexibility index (Phi) is 4.34. The number of nitrogens with zero attached hydrogens (tertiary/aromatic N) is 3. The maximum absolute atomic E-state index is 11.1. The lowest BCUT2D eigenvalue weighted by Gasteiger charge is -2.19. The minimum absolute atomic E-state index is 0.00420. The second-order valence-corrected chi connectivity index (χ2v) is 5.45. The topological polar surface area (TPSA) is 59.3 Å². The van der Waals surface area contributed by atoms with E-state index in [2.05, 4.69) is 20.9 Å². The summed E-state index contributed by atoms with van der Waals surface area (Å²) >= 11 is 3.21. The minimum Gasteiger partial charge on any atom is -0.350 e. The van der Waals surface area contributed by atoms with Crippen molar-refractivity contribution in [2.24, 2.45) is 0 Å². The summed E-state index contributed by atoms with van der Waals surface area (Å²) in [5, 5.41) is 11.1.